The molecule has 1 heterocycles. The van der Waals surface area contributed by atoms with Gasteiger partial charge in [0.2, 0.25) is 0 Å². The van der Waals surface area contributed by atoms with Crippen molar-refractivity contribution in [2.75, 3.05) is 18.1 Å². The largest absolute Gasteiger partial charge is 0.478 e. The van der Waals surface area contributed by atoms with E-state index < -0.39 is 5.97 Å². The van der Waals surface area contributed by atoms with Gasteiger partial charge in [0.25, 0.3) is 0 Å². The van der Waals surface area contributed by atoms with Gasteiger partial charge < -0.3 is 15.1 Å². The predicted octanol–water partition coefficient (Wildman–Crippen LogP) is 1.13. The van der Waals surface area contributed by atoms with Gasteiger partial charge in [-0.25, -0.2) is 4.79 Å². The van der Waals surface area contributed by atoms with Gasteiger partial charge in [0, 0.05) is 25.0 Å². The van der Waals surface area contributed by atoms with E-state index in [4.69, 9.17) is 10.2 Å². The zero-order chi connectivity index (χ0) is 12.3. The topological polar surface area (TPSA) is 73.7 Å². The Morgan fingerprint density at radius 1 is 1.53 bits per heavy atom. The van der Waals surface area contributed by atoms with Crippen molar-refractivity contribution in [1.29, 1.82) is 0 Å². The predicted molar refractivity (Wildman–Crippen MR) is 63.3 cm³/mol. The highest BCUT2D eigenvalue weighted by atomic mass is 16.4. The van der Waals surface area contributed by atoms with Gasteiger partial charge in [-0.2, -0.15) is 0 Å². The minimum Gasteiger partial charge on any atom is -0.478 e. The van der Waals surface area contributed by atoms with Crippen molar-refractivity contribution in [1.82, 2.24) is 4.98 Å². The Bertz CT molecular complexity index is 404. The molecule has 0 bridgehead atoms. The molecule has 1 aromatic rings. The Kier molecular flexibility index (Phi) is 3.58. The average molecular weight is 236 g/mol. The zero-order valence-electron chi connectivity index (χ0n) is 9.54. The van der Waals surface area contributed by atoms with E-state index in [1.165, 1.54) is 12.6 Å². The Hall–Kier alpha value is -1.62. The Morgan fingerprint density at radius 2 is 2.29 bits per heavy atom. The van der Waals surface area contributed by atoms with E-state index >= 15 is 0 Å². The van der Waals surface area contributed by atoms with E-state index in [-0.39, 0.29) is 12.2 Å². The van der Waals surface area contributed by atoms with Crippen LogP contribution in [0.2, 0.25) is 0 Å². The van der Waals surface area contributed by atoms with Crippen LogP contribution in [0.5, 0.6) is 0 Å². The molecule has 1 fully saturated rings. The van der Waals surface area contributed by atoms with E-state index in [0.717, 1.165) is 12.8 Å². The van der Waals surface area contributed by atoms with Gasteiger partial charge in [-0.05, 0) is 25.3 Å². The molecule has 1 aromatic heterocycles. The van der Waals surface area contributed by atoms with Gasteiger partial charge in [0.1, 0.15) is 5.56 Å². The van der Waals surface area contributed by atoms with Gasteiger partial charge in [-0.15, -0.1) is 0 Å². The third-order valence-corrected chi connectivity index (χ3v) is 3.19. The molecule has 0 unspecified atom stereocenters. The zero-order valence-corrected chi connectivity index (χ0v) is 9.54. The van der Waals surface area contributed by atoms with Crippen LogP contribution in [0.1, 0.15) is 29.6 Å². The Balaban J connectivity index is 2.30. The maximum atomic E-state index is 11.1. The van der Waals surface area contributed by atoms with Gasteiger partial charge >= 0.3 is 5.97 Å². The lowest BCUT2D eigenvalue weighted by Crippen LogP contribution is -2.42. The monoisotopic (exact) mass is 236 g/mol. The first-order valence-electron chi connectivity index (χ1n) is 5.79. The lowest BCUT2D eigenvalue weighted by atomic mass is 9.90. The number of rotatable bonds is 5. The number of aromatic nitrogens is 1. The SMILES string of the molecule is O=C(O)c1cnccc1N(CCO)C1CCC1. The molecule has 2 N–H and O–H groups in total. The number of aliphatic hydroxyl groups excluding tert-OH is 1. The first kappa shape index (κ1) is 11.9. The first-order chi connectivity index (χ1) is 8.24. The number of pyridine rings is 1. The number of hydrogen-bond acceptors (Lipinski definition) is 4. The number of nitrogens with zero attached hydrogens (tertiary/aromatic N) is 2. The second kappa shape index (κ2) is 5.14. The van der Waals surface area contributed by atoms with Crippen LogP contribution in [0.3, 0.4) is 0 Å². The molecule has 2 rings (SSSR count). The quantitative estimate of drug-likeness (QED) is 0.801. The fraction of sp³-hybridized carbons (Fsp3) is 0.500. The number of aliphatic hydroxyl groups is 1. The molecule has 17 heavy (non-hydrogen) atoms. The van der Waals surface area contributed by atoms with E-state index in [1.807, 2.05) is 4.90 Å². The fourth-order valence-electron chi connectivity index (χ4n) is 2.11. The lowest BCUT2D eigenvalue weighted by Gasteiger charge is -2.39. The average Bonchev–Trinajstić information content (AvgIpc) is 2.26. The Morgan fingerprint density at radius 3 is 2.82 bits per heavy atom. The smallest absolute Gasteiger partial charge is 0.339 e. The van der Waals surface area contributed by atoms with Crippen molar-refractivity contribution in [2.45, 2.75) is 25.3 Å². The van der Waals surface area contributed by atoms with Crippen LogP contribution >= 0.6 is 0 Å². The van der Waals surface area contributed by atoms with Crippen molar-refractivity contribution in [3.05, 3.63) is 24.0 Å². The number of anilines is 1. The van der Waals surface area contributed by atoms with Crippen LogP contribution in [0, 0.1) is 0 Å². The van der Waals surface area contributed by atoms with Crippen molar-refractivity contribution in [3.8, 4) is 0 Å². The molecule has 5 heteroatoms. The van der Waals surface area contributed by atoms with E-state index in [0.29, 0.717) is 18.3 Å². The number of aromatic carboxylic acids is 1. The van der Waals surface area contributed by atoms with E-state index in [2.05, 4.69) is 4.98 Å². The van der Waals surface area contributed by atoms with Crippen LogP contribution in [0.4, 0.5) is 5.69 Å². The summed E-state index contributed by atoms with van der Waals surface area (Å²) < 4.78 is 0. The van der Waals surface area contributed by atoms with Gasteiger partial charge in [0.15, 0.2) is 0 Å². The Labute approximate surface area is 99.7 Å². The molecule has 5 nitrogen and oxygen atoms in total. The highest BCUT2D eigenvalue weighted by Crippen LogP contribution is 2.31. The number of carboxylic acid groups (broad SMARTS) is 1. The normalized spacial score (nSPS) is 15.4. The summed E-state index contributed by atoms with van der Waals surface area (Å²) in [4.78, 5) is 17.0. The summed E-state index contributed by atoms with van der Waals surface area (Å²) in [6, 6.07) is 2.06. The summed E-state index contributed by atoms with van der Waals surface area (Å²) in [5, 5.41) is 18.2. The van der Waals surface area contributed by atoms with Crippen LogP contribution in [-0.4, -0.2) is 40.4 Å². The molecule has 0 saturated heterocycles. The third kappa shape index (κ3) is 2.39. The van der Waals surface area contributed by atoms with Crippen molar-refractivity contribution < 1.29 is 15.0 Å². The van der Waals surface area contributed by atoms with E-state index in [9.17, 15) is 4.79 Å². The number of hydrogen-bond donors (Lipinski definition) is 2. The molecule has 0 aliphatic heterocycles. The summed E-state index contributed by atoms with van der Waals surface area (Å²) in [6.07, 6.45) is 6.23. The fourth-order valence-corrected chi connectivity index (χ4v) is 2.11. The maximum Gasteiger partial charge on any atom is 0.339 e. The highest BCUT2D eigenvalue weighted by molar-refractivity contribution is 5.94. The second-order valence-electron chi connectivity index (χ2n) is 4.20. The van der Waals surface area contributed by atoms with Crippen LogP contribution < -0.4 is 4.90 Å². The van der Waals surface area contributed by atoms with E-state index in [1.54, 1.807) is 12.3 Å². The van der Waals surface area contributed by atoms with Gasteiger partial charge in [0.05, 0.1) is 12.3 Å². The minimum atomic E-state index is -0.977. The van der Waals surface area contributed by atoms with Crippen LogP contribution in [-0.2, 0) is 0 Å². The number of carboxylic acids is 1. The van der Waals surface area contributed by atoms with Crippen molar-refractivity contribution in [2.24, 2.45) is 0 Å². The van der Waals surface area contributed by atoms with Crippen LogP contribution in [0.15, 0.2) is 18.5 Å². The second-order valence-corrected chi connectivity index (χ2v) is 4.20. The summed E-state index contributed by atoms with van der Waals surface area (Å²) in [7, 11) is 0. The summed E-state index contributed by atoms with van der Waals surface area (Å²) >= 11 is 0. The summed E-state index contributed by atoms with van der Waals surface area (Å²) in [5.41, 5.74) is 0.860. The lowest BCUT2D eigenvalue weighted by molar-refractivity contribution is 0.0696. The van der Waals surface area contributed by atoms with Crippen molar-refractivity contribution in [3.63, 3.8) is 0 Å². The molecule has 0 radical (unpaired) electrons. The molecule has 1 saturated carbocycles. The molecule has 92 valence electrons. The first-order valence-corrected chi connectivity index (χ1v) is 5.79. The third-order valence-electron chi connectivity index (χ3n) is 3.19. The highest BCUT2D eigenvalue weighted by Gasteiger charge is 2.27. The van der Waals surface area contributed by atoms with Gasteiger partial charge in [-0.3, -0.25) is 4.98 Å². The summed E-state index contributed by atoms with van der Waals surface area (Å²) in [6.45, 7) is 0.493. The molecule has 1 aliphatic carbocycles. The van der Waals surface area contributed by atoms with Crippen LogP contribution in [0.25, 0.3) is 0 Å². The number of carbonyl (C=O) groups is 1. The molecule has 0 aromatic carbocycles. The van der Waals surface area contributed by atoms with Crippen molar-refractivity contribution >= 4 is 11.7 Å². The van der Waals surface area contributed by atoms with Gasteiger partial charge in [-0.1, -0.05) is 0 Å². The molecule has 0 spiro atoms. The molecule has 0 atom stereocenters. The summed E-state index contributed by atoms with van der Waals surface area (Å²) in [5.74, 6) is -0.977. The molecule has 1 aliphatic rings. The standard InChI is InChI=1S/C12H16N2O3/c15-7-6-14(9-2-1-3-9)11-4-5-13-8-10(11)12(16)17/h4-5,8-9,15H,1-3,6-7H2,(H,16,17). The molecular weight excluding hydrogens is 220 g/mol. The maximum absolute atomic E-state index is 11.1. The molecular formula is C12H16N2O3. The minimum absolute atomic E-state index is 0.0257. The molecule has 0 amide bonds.